The number of nitrogens with one attached hydrogen (secondary N) is 12. The van der Waals surface area contributed by atoms with E-state index in [0.717, 1.165) is 21.9 Å². The summed E-state index contributed by atoms with van der Waals surface area (Å²) < 4.78 is 42.9. The van der Waals surface area contributed by atoms with Gasteiger partial charge >= 0.3 is 36.0 Å². The van der Waals surface area contributed by atoms with E-state index in [0.29, 0.717) is 41.9 Å². The largest absolute Gasteiger partial charge is 0.481 e. The van der Waals surface area contributed by atoms with Gasteiger partial charge in [0.15, 0.2) is 0 Å². The Balaban J connectivity index is 0.699. The summed E-state index contributed by atoms with van der Waals surface area (Å²) in [6.45, 7) is 13.9. The number of aromatic amines is 1. The summed E-state index contributed by atoms with van der Waals surface area (Å²) in [5.41, 5.74) is 2.51. The Morgan fingerprint density at radius 3 is 2.09 bits per heavy atom. The number of hydrogen-bond acceptors (Lipinski definition) is 17. The molecule has 6 heterocycles. The highest BCUT2D eigenvalue weighted by molar-refractivity contribution is 7.92. The number of H-pyrrole nitrogens is 1. The van der Waals surface area contributed by atoms with Crippen LogP contribution >= 0.6 is 0 Å². The molecule has 0 saturated carbocycles. The van der Waals surface area contributed by atoms with Crippen LogP contribution in [0.2, 0.25) is 0 Å². The molecule has 0 bridgehead atoms. The maximum Gasteiger partial charge on any atom is 0.355 e. The number of urea groups is 3. The van der Waals surface area contributed by atoms with Crippen LogP contribution in [-0.4, -0.2) is 148 Å². The van der Waals surface area contributed by atoms with Gasteiger partial charge in [0, 0.05) is 75.9 Å². The highest BCUT2D eigenvalue weighted by Gasteiger charge is 2.52. The molecule has 33 heteroatoms. The monoisotopic (exact) mass is 1590 g/mol. The molecule has 11 rings (SSSR count). The number of esters is 2. The number of ether oxygens (including phenoxy) is 2. The fraction of sp³-hybridized carbons (Fsp3) is 0.378. The number of rotatable bonds is 32. The number of carboxylic acid groups (broad SMARTS) is 1. The Labute approximate surface area is 663 Å². The molecule has 0 aliphatic carbocycles. The lowest BCUT2D eigenvalue weighted by Gasteiger charge is -2.37. The molecule has 606 valence electrons. The van der Waals surface area contributed by atoms with Gasteiger partial charge in [-0.2, -0.15) is 0 Å². The lowest BCUT2D eigenvalue weighted by Crippen LogP contribution is -2.59. The van der Waals surface area contributed by atoms with Gasteiger partial charge in [0.2, 0.25) is 35.1 Å². The average molecular weight is 1590 g/mol. The highest BCUT2D eigenvalue weighted by Crippen LogP contribution is 2.42. The van der Waals surface area contributed by atoms with Crippen molar-refractivity contribution in [2.75, 3.05) is 40.3 Å². The fourth-order valence-electron chi connectivity index (χ4n) is 14.3. The number of likely N-dealkylation sites (tertiary alicyclic amines) is 1. The van der Waals surface area contributed by atoms with E-state index in [1.807, 2.05) is 89.2 Å². The standard InChI is InChI=1S/C82H95N15O17S/c1-9-31-83-79(108)87-54-20-16-22-56(38-54)115(111,112)95-55-21-15-19-49(36-55)62(40-69(99)100)93-80(109)86-52-27-29-53(30-28-52)88-81(110)96-32-17-26-66(96)75(104)92-63(33-45(3)4)72(101)85-42-68(98)89-64(34-46(5)6)73(102)91-65(37-50-41-84-61-25-14-12-23-57(50)61)74(103)94-70(47(7)8)77(106)114-82(10-2)59-39-67-71-51(35-48-18-11-13-24-60(48)90-71)43-97(67)76(105)58(59)44-113-78(82)107/h11-16,18-25,27-30,35-36,38-39,41,45-47,62-66,70,84,95H,9-10,17,26,31-34,37,40,42-44H2,1-8H3,(H,85,101)(H,88,110)(H,89,98)(H,91,102)(H,92,104)(H,94,103)(H,99,100)(H2,83,87,108)(H2,86,93,109)/t62?,63-,64+,65+,66+,70+,82+/m0/s1. The van der Waals surface area contributed by atoms with Crippen LogP contribution in [0.4, 0.5) is 37.1 Å². The Hall–Kier alpha value is -12.7. The molecule has 1 saturated heterocycles. The van der Waals surface area contributed by atoms with Crippen molar-refractivity contribution in [1.82, 2.24) is 56.7 Å². The molecule has 13 N–H and O–H groups in total. The maximum absolute atomic E-state index is 15.0. The minimum Gasteiger partial charge on any atom is -0.481 e. The Morgan fingerprint density at radius 2 is 1.37 bits per heavy atom. The number of amides is 11. The number of fused-ring (bicyclic) bond motifs is 6. The number of nitrogens with zero attached hydrogens (tertiary/aromatic N) is 3. The van der Waals surface area contributed by atoms with Crippen LogP contribution in [0.5, 0.6) is 0 Å². The van der Waals surface area contributed by atoms with E-state index >= 15 is 0 Å². The van der Waals surface area contributed by atoms with Gasteiger partial charge in [-0.3, -0.25) is 38.3 Å². The Bertz CT molecular complexity index is 5240. The zero-order valence-corrected chi connectivity index (χ0v) is 65.7. The number of carbonyl (C=O) groups excluding carboxylic acids is 10. The van der Waals surface area contributed by atoms with Crippen LogP contribution in [0, 0.1) is 17.8 Å². The third-order valence-corrected chi connectivity index (χ3v) is 21.5. The minimum atomic E-state index is -4.23. The molecule has 115 heavy (non-hydrogen) atoms. The molecule has 3 aliphatic rings. The van der Waals surface area contributed by atoms with E-state index in [-0.39, 0.29) is 108 Å². The molecule has 32 nitrogen and oxygen atoms in total. The summed E-state index contributed by atoms with van der Waals surface area (Å²) in [6, 6.07) is 26.2. The molecule has 5 aromatic carbocycles. The van der Waals surface area contributed by atoms with Crippen molar-refractivity contribution < 1.29 is 75.7 Å². The van der Waals surface area contributed by atoms with Gasteiger partial charge in [0.25, 0.3) is 15.6 Å². The predicted molar refractivity (Wildman–Crippen MR) is 428 cm³/mol. The molecule has 0 spiro atoms. The first kappa shape index (κ1) is 83.3. The number of aliphatic carboxylic acids is 1. The third-order valence-electron chi connectivity index (χ3n) is 20.1. The molecule has 7 atom stereocenters. The fourth-order valence-corrected chi connectivity index (χ4v) is 15.4. The SMILES string of the molecule is CCCNC(=O)Nc1cccc(S(=O)(=O)Nc2cccc(C(CC(=O)O)NC(=O)Nc3ccc(NC(=O)N4CCC[C@@H]4C(=O)N[C@@H](CC(C)C)C(=O)NCC(=O)N[C@H](CC(C)C)C(=O)N[C@H](Cc4c[nH]c5ccccc45)C(=O)N[C@@H](C(=O)O[C@@]4(CC)C(=O)OCc5c4cc4n(c5=O)Cc5cc6ccccc6nc5-4)C(C)C)cc3)c2)c1. The second-order valence-corrected chi connectivity index (χ2v) is 31.6. The summed E-state index contributed by atoms with van der Waals surface area (Å²) in [7, 11) is -4.23. The third kappa shape index (κ3) is 20.0. The van der Waals surface area contributed by atoms with E-state index in [1.54, 1.807) is 37.6 Å². The van der Waals surface area contributed by atoms with E-state index < -0.39 is 142 Å². The van der Waals surface area contributed by atoms with Crippen LogP contribution in [-0.2, 0) is 83.0 Å². The van der Waals surface area contributed by atoms with Gasteiger partial charge < -0.3 is 82.2 Å². The summed E-state index contributed by atoms with van der Waals surface area (Å²) in [5.74, 6) is -8.02. The van der Waals surface area contributed by atoms with Crippen molar-refractivity contribution in [1.29, 1.82) is 0 Å². The average Bonchev–Trinajstić information content (AvgIpc) is 1.64. The van der Waals surface area contributed by atoms with E-state index in [4.69, 9.17) is 14.5 Å². The summed E-state index contributed by atoms with van der Waals surface area (Å²) in [4.78, 5) is 176. The lowest BCUT2D eigenvalue weighted by molar-refractivity contribution is -0.191. The molecule has 8 aromatic rings. The number of para-hydroxylation sites is 2. The van der Waals surface area contributed by atoms with Crippen molar-refractivity contribution in [3.8, 4) is 11.4 Å². The van der Waals surface area contributed by atoms with Crippen LogP contribution in [0.1, 0.15) is 134 Å². The first-order valence-corrected chi connectivity index (χ1v) is 39.7. The summed E-state index contributed by atoms with van der Waals surface area (Å²) in [5, 5.41) is 38.4. The van der Waals surface area contributed by atoms with Gasteiger partial charge in [0.05, 0.1) is 52.9 Å². The van der Waals surface area contributed by atoms with Gasteiger partial charge in [0.1, 0.15) is 36.8 Å². The molecular formula is C82H95N15O17S. The number of carbonyl (C=O) groups is 11. The maximum atomic E-state index is 15.0. The molecule has 0 radical (unpaired) electrons. The van der Waals surface area contributed by atoms with Gasteiger partial charge in [-0.15, -0.1) is 0 Å². The molecule has 3 aromatic heterocycles. The Morgan fingerprint density at radius 1 is 0.696 bits per heavy atom. The van der Waals surface area contributed by atoms with Crippen LogP contribution < -0.4 is 63.4 Å². The van der Waals surface area contributed by atoms with Crippen molar-refractivity contribution in [3.05, 3.63) is 178 Å². The summed E-state index contributed by atoms with van der Waals surface area (Å²) in [6.07, 6.45) is 2.37. The van der Waals surface area contributed by atoms with E-state index in [1.165, 1.54) is 77.7 Å². The van der Waals surface area contributed by atoms with Crippen molar-refractivity contribution in [2.24, 2.45) is 17.8 Å². The topological polar surface area (TPSA) is 447 Å². The smallest absolute Gasteiger partial charge is 0.355 e. The molecule has 11 amide bonds. The second-order valence-electron chi connectivity index (χ2n) is 29.9. The van der Waals surface area contributed by atoms with Gasteiger partial charge in [-0.25, -0.2) is 37.4 Å². The highest BCUT2D eigenvalue weighted by atomic mass is 32.2. The van der Waals surface area contributed by atoms with Crippen molar-refractivity contribution in [2.45, 2.75) is 167 Å². The van der Waals surface area contributed by atoms with E-state index in [9.17, 15) is 71.1 Å². The van der Waals surface area contributed by atoms with Crippen LogP contribution in [0.3, 0.4) is 0 Å². The number of aromatic nitrogens is 3. The van der Waals surface area contributed by atoms with Crippen LogP contribution in [0.25, 0.3) is 33.2 Å². The van der Waals surface area contributed by atoms with Crippen molar-refractivity contribution in [3.63, 3.8) is 0 Å². The minimum absolute atomic E-state index is 0.0565. The number of anilines is 4. The molecule has 1 unspecified atom stereocenters. The first-order valence-electron chi connectivity index (χ1n) is 38.2. The number of cyclic esters (lactones) is 1. The number of pyridine rings is 2. The number of carboxylic acids is 1. The van der Waals surface area contributed by atoms with Crippen molar-refractivity contribution >= 4 is 120 Å². The van der Waals surface area contributed by atoms with E-state index in [2.05, 4.69) is 62.9 Å². The molecule has 1 fully saturated rings. The predicted octanol–water partition coefficient (Wildman–Crippen LogP) is 8.52. The molecule has 3 aliphatic heterocycles. The Kier molecular flexibility index (Phi) is 26.4. The zero-order valence-electron chi connectivity index (χ0n) is 64.9. The molecular weight excluding hydrogens is 1500 g/mol. The van der Waals surface area contributed by atoms with Gasteiger partial charge in [-0.1, -0.05) is 110 Å². The number of hydrogen-bond donors (Lipinski definition) is 13. The first-order chi connectivity index (χ1) is 54.9. The summed E-state index contributed by atoms with van der Waals surface area (Å²) >= 11 is 0. The van der Waals surface area contributed by atoms with Gasteiger partial charge in [-0.05, 0) is 146 Å². The normalized spacial score (nSPS) is 16.1. The number of benzene rings is 5. The zero-order chi connectivity index (χ0) is 82.6. The number of sulfonamides is 1. The quantitative estimate of drug-likeness (QED) is 0.0176. The lowest BCUT2D eigenvalue weighted by atomic mass is 9.85. The second kappa shape index (κ2) is 36.4. The van der Waals surface area contributed by atoms with Crippen LogP contribution in [0.15, 0.2) is 149 Å².